The predicted molar refractivity (Wildman–Crippen MR) is 124 cm³/mol. The van der Waals surface area contributed by atoms with Gasteiger partial charge >= 0.3 is 5.97 Å². The first-order valence-electron chi connectivity index (χ1n) is 10.5. The van der Waals surface area contributed by atoms with Crippen molar-refractivity contribution < 1.29 is 23.4 Å². The largest absolute Gasteiger partial charge is 0.463 e. The highest BCUT2D eigenvalue weighted by Gasteiger charge is 2.36. The number of benzene rings is 1. The molecule has 3 heterocycles. The summed E-state index contributed by atoms with van der Waals surface area (Å²) in [6, 6.07) is 3.41. The molecule has 2 N–H and O–H groups in total. The molecule has 0 amide bonds. The SMILES string of the molecule is CCOC(=O)C1=C(CN2CCC(O)C(F)C2)NC(c2nccs2)=N[C@H]1c1ccc(F)cc1Br. The highest BCUT2D eigenvalue weighted by molar-refractivity contribution is 9.10. The number of aromatic nitrogens is 1. The molecule has 2 aliphatic heterocycles. The number of aliphatic imine (C=N–C) groups is 1. The minimum atomic E-state index is -1.37. The molecule has 3 atom stereocenters. The fourth-order valence-electron chi connectivity index (χ4n) is 3.89. The van der Waals surface area contributed by atoms with E-state index in [-0.39, 0.29) is 25.3 Å². The zero-order chi connectivity index (χ0) is 23.5. The number of piperidine rings is 1. The van der Waals surface area contributed by atoms with Crippen LogP contribution in [-0.2, 0) is 9.53 Å². The second kappa shape index (κ2) is 10.4. The fourth-order valence-corrected chi connectivity index (χ4v) is 5.04. The van der Waals surface area contributed by atoms with E-state index in [0.29, 0.717) is 39.5 Å². The maximum atomic E-state index is 14.2. The normalized spacial score (nSPS) is 23.8. The molecule has 4 rings (SSSR count). The van der Waals surface area contributed by atoms with E-state index in [0.717, 1.165) is 0 Å². The quantitative estimate of drug-likeness (QED) is 0.546. The number of nitrogens with one attached hydrogen (secondary N) is 1. The van der Waals surface area contributed by atoms with E-state index in [1.165, 1.54) is 23.5 Å². The van der Waals surface area contributed by atoms with E-state index in [1.807, 2.05) is 10.3 Å². The van der Waals surface area contributed by atoms with Crippen molar-refractivity contribution in [1.29, 1.82) is 0 Å². The summed E-state index contributed by atoms with van der Waals surface area (Å²) in [5.41, 5.74) is 1.37. The van der Waals surface area contributed by atoms with Crippen LogP contribution in [-0.4, -0.2) is 65.3 Å². The van der Waals surface area contributed by atoms with Crippen LogP contribution in [0.3, 0.4) is 0 Å². The van der Waals surface area contributed by atoms with Crippen LogP contribution < -0.4 is 5.32 Å². The number of rotatable bonds is 6. The zero-order valence-corrected chi connectivity index (χ0v) is 20.2. The highest BCUT2D eigenvalue weighted by Crippen LogP contribution is 2.37. The molecule has 1 aromatic carbocycles. The Morgan fingerprint density at radius 1 is 1.45 bits per heavy atom. The molecular weight excluding hydrogens is 518 g/mol. The number of likely N-dealkylation sites (tertiary alicyclic amines) is 1. The number of esters is 1. The summed E-state index contributed by atoms with van der Waals surface area (Å²) >= 11 is 4.78. The Morgan fingerprint density at radius 2 is 2.27 bits per heavy atom. The van der Waals surface area contributed by atoms with Crippen LogP contribution in [0.4, 0.5) is 8.78 Å². The number of ether oxygens (including phenoxy) is 1. The Balaban J connectivity index is 1.79. The third kappa shape index (κ3) is 5.32. The molecule has 0 bridgehead atoms. The first kappa shape index (κ1) is 23.9. The third-order valence-corrected chi connectivity index (χ3v) is 6.95. The van der Waals surface area contributed by atoms with Gasteiger partial charge in [-0.15, -0.1) is 11.3 Å². The number of nitrogens with zero attached hydrogens (tertiary/aromatic N) is 3. The minimum absolute atomic E-state index is 0.0388. The van der Waals surface area contributed by atoms with Crippen molar-refractivity contribution in [2.45, 2.75) is 31.7 Å². The van der Waals surface area contributed by atoms with Crippen molar-refractivity contribution in [2.24, 2.45) is 4.99 Å². The zero-order valence-electron chi connectivity index (χ0n) is 17.8. The Labute approximate surface area is 202 Å². The van der Waals surface area contributed by atoms with Crippen molar-refractivity contribution >= 4 is 39.1 Å². The molecule has 0 saturated carbocycles. The number of halogens is 3. The van der Waals surface area contributed by atoms with Gasteiger partial charge in [-0.25, -0.2) is 18.6 Å². The Morgan fingerprint density at radius 3 is 2.94 bits per heavy atom. The van der Waals surface area contributed by atoms with Gasteiger partial charge in [0.15, 0.2) is 10.8 Å². The summed E-state index contributed by atoms with van der Waals surface area (Å²) in [5, 5.41) is 15.4. The number of carbonyl (C=O) groups excluding carboxylic acids is 1. The molecule has 0 aliphatic carbocycles. The van der Waals surface area contributed by atoms with Crippen molar-refractivity contribution in [3.8, 4) is 0 Å². The Hall–Kier alpha value is -2.21. The lowest BCUT2D eigenvalue weighted by Gasteiger charge is -2.35. The lowest BCUT2D eigenvalue weighted by atomic mass is 9.95. The molecule has 176 valence electrons. The van der Waals surface area contributed by atoms with Crippen LogP contribution >= 0.6 is 27.3 Å². The molecule has 0 spiro atoms. The van der Waals surface area contributed by atoms with E-state index >= 15 is 0 Å². The summed E-state index contributed by atoms with van der Waals surface area (Å²) in [6.07, 6.45) is -0.418. The molecule has 1 saturated heterocycles. The number of hydrogen-bond donors (Lipinski definition) is 2. The van der Waals surface area contributed by atoms with Gasteiger partial charge in [0, 0.05) is 41.4 Å². The number of carbonyl (C=O) groups is 1. The topological polar surface area (TPSA) is 87.0 Å². The molecule has 2 aromatic rings. The smallest absolute Gasteiger partial charge is 0.338 e. The summed E-state index contributed by atoms with van der Waals surface area (Å²) in [4.78, 5) is 24.0. The van der Waals surface area contributed by atoms with Crippen LogP contribution in [0.5, 0.6) is 0 Å². The van der Waals surface area contributed by atoms with Gasteiger partial charge in [0.25, 0.3) is 0 Å². The molecule has 0 radical (unpaired) electrons. The van der Waals surface area contributed by atoms with E-state index in [9.17, 15) is 18.7 Å². The number of hydrogen-bond acceptors (Lipinski definition) is 8. The molecule has 2 unspecified atom stereocenters. The molecule has 2 aliphatic rings. The monoisotopic (exact) mass is 540 g/mol. The maximum absolute atomic E-state index is 14.2. The van der Waals surface area contributed by atoms with Crippen LogP contribution in [0.25, 0.3) is 0 Å². The van der Waals surface area contributed by atoms with Crippen molar-refractivity contribution in [3.63, 3.8) is 0 Å². The first-order valence-corrected chi connectivity index (χ1v) is 12.2. The van der Waals surface area contributed by atoms with Crippen LogP contribution in [0.1, 0.15) is 30.0 Å². The van der Waals surface area contributed by atoms with Crippen molar-refractivity contribution in [3.05, 3.63) is 61.9 Å². The van der Waals surface area contributed by atoms with Gasteiger partial charge < -0.3 is 15.2 Å². The second-order valence-corrected chi connectivity index (χ2v) is 9.48. The van der Waals surface area contributed by atoms with Gasteiger partial charge in [-0.3, -0.25) is 9.89 Å². The summed E-state index contributed by atoms with van der Waals surface area (Å²) in [6.45, 7) is 2.61. The average Bonchev–Trinajstić information content (AvgIpc) is 3.31. The number of aliphatic hydroxyl groups excluding tert-OH is 1. The Kier molecular flexibility index (Phi) is 7.52. The number of aliphatic hydroxyl groups is 1. The van der Waals surface area contributed by atoms with Gasteiger partial charge in [0.05, 0.1) is 18.3 Å². The highest BCUT2D eigenvalue weighted by atomic mass is 79.9. The van der Waals surface area contributed by atoms with E-state index in [1.54, 1.807) is 19.2 Å². The summed E-state index contributed by atoms with van der Waals surface area (Å²) in [7, 11) is 0. The van der Waals surface area contributed by atoms with Crippen molar-refractivity contribution in [1.82, 2.24) is 15.2 Å². The number of alkyl halides is 1. The maximum Gasteiger partial charge on any atom is 0.338 e. The first-order chi connectivity index (χ1) is 15.9. The van der Waals surface area contributed by atoms with Gasteiger partial charge in [-0.2, -0.15) is 0 Å². The third-order valence-electron chi connectivity index (χ3n) is 5.49. The summed E-state index contributed by atoms with van der Waals surface area (Å²) < 4.78 is 33.8. The molecule has 1 aromatic heterocycles. The van der Waals surface area contributed by atoms with Crippen LogP contribution in [0.2, 0.25) is 0 Å². The lowest BCUT2D eigenvalue weighted by Crippen LogP contribution is -2.47. The van der Waals surface area contributed by atoms with Crippen LogP contribution in [0, 0.1) is 5.82 Å². The van der Waals surface area contributed by atoms with Gasteiger partial charge in [0.2, 0.25) is 0 Å². The number of amidine groups is 1. The number of thiazole rings is 1. The van der Waals surface area contributed by atoms with Crippen LogP contribution in [0.15, 0.2) is 50.5 Å². The molecule has 1 fully saturated rings. The summed E-state index contributed by atoms with van der Waals surface area (Å²) in [5.74, 6) is -0.522. The molecule has 7 nitrogen and oxygen atoms in total. The lowest BCUT2D eigenvalue weighted by molar-refractivity contribution is -0.139. The van der Waals surface area contributed by atoms with E-state index in [4.69, 9.17) is 9.73 Å². The fraction of sp³-hybridized carbons (Fsp3) is 0.409. The Bertz CT molecular complexity index is 1080. The average molecular weight is 541 g/mol. The van der Waals surface area contributed by atoms with Gasteiger partial charge in [0.1, 0.15) is 18.0 Å². The minimum Gasteiger partial charge on any atom is -0.463 e. The molecule has 33 heavy (non-hydrogen) atoms. The molecule has 11 heteroatoms. The molecular formula is C22H23BrF2N4O3S. The predicted octanol–water partition coefficient (Wildman–Crippen LogP) is 3.36. The van der Waals surface area contributed by atoms with Gasteiger partial charge in [-0.05, 0) is 31.0 Å². The van der Waals surface area contributed by atoms with E-state index < -0.39 is 30.1 Å². The van der Waals surface area contributed by atoms with Crippen molar-refractivity contribution in [2.75, 3.05) is 26.2 Å². The second-order valence-electron chi connectivity index (χ2n) is 7.73. The van der Waals surface area contributed by atoms with E-state index in [2.05, 4.69) is 26.2 Å². The standard InChI is InChI=1S/C22H23BrF2N4O3S/c1-2-32-22(31)18-16(11-29-7-5-17(30)15(25)10-29)27-20(21-26-6-8-33-21)28-19(18)13-4-3-12(24)9-14(13)23/h3-4,6,8-9,15,17,19,30H,2,5,7,10-11H2,1H3,(H,27,28)/t15?,17?,19-/m0/s1. The van der Waals surface area contributed by atoms with Gasteiger partial charge in [-0.1, -0.05) is 22.0 Å².